The molecular formula is C22H25NO6S. The molecule has 1 aliphatic rings. The second-order valence-electron chi connectivity index (χ2n) is 6.65. The average molecular weight is 432 g/mol. The Hall–Kier alpha value is -3.00. The largest absolute Gasteiger partial charge is 0.493 e. The molecule has 1 heterocycles. The molecule has 0 bridgehead atoms. The Kier molecular flexibility index (Phi) is 6.99. The minimum atomic E-state index is -0.421. The van der Waals surface area contributed by atoms with E-state index in [1.165, 1.54) is 38.7 Å². The number of methoxy groups -OCH3 is 4. The number of hydrogen-bond donors (Lipinski definition) is 1. The van der Waals surface area contributed by atoms with Gasteiger partial charge in [-0.2, -0.15) is 0 Å². The van der Waals surface area contributed by atoms with E-state index >= 15 is 0 Å². The summed E-state index contributed by atoms with van der Waals surface area (Å²) in [5.41, 5.74) is 2.13. The first-order valence-electron chi connectivity index (χ1n) is 9.54. The highest BCUT2D eigenvalue weighted by Crippen LogP contribution is 2.41. The maximum atomic E-state index is 12.6. The Balaban J connectivity index is 1.85. The van der Waals surface area contributed by atoms with E-state index in [-0.39, 0.29) is 5.91 Å². The Morgan fingerprint density at radius 2 is 1.73 bits per heavy atom. The van der Waals surface area contributed by atoms with Crippen LogP contribution in [0.4, 0.5) is 5.00 Å². The van der Waals surface area contributed by atoms with Gasteiger partial charge in [-0.15, -0.1) is 11.3 Å². The van der Waals surface area contributed by atoms with Crippen LogP contribution in [0, 0.1) is 0 Å². The summed E-state index contributed by atoms with van der Waals surface area (Å²) in [6.45, 7) is 0. The predicted octanol–water partition coefficient (Wildman–Crippen LogP) is 4.09. The smallest absolute Gasteiger partial charge is 0.341 e. The number of fused-ring (bicyclic) bond motifs is 1. The van der Waals surface area contributed by atoms with Gasteiger partial charge in [0.2, 0.25) is 11.7 Å². The molecule has 0 fully saturated rings. The molecule has 30 heavy (non-hydrogen) atoms. The van der Waals surface area contributed by atoms with Crippen molar-refractivity contribution >= 4 is 34.3 Å². The molecule has 1 aliphatic carbocycles. The van der Waals surface area contributed by atoms with Crippen LogP contribution in [-0.2, 0) is 22.4 Å². The third-order valence-corrected chi connectivity index (χ3v) is 6.15. The van der Waals surface area contributed by atoms with Crippen LogP contribution < -0.4 is 19.5 Å². The van der Waals surface area contributed by atoms with E-state index < -0.39 is 5.97 Å². The normalized spacial score (nSPS) is 12.9. The molecule has 0 aliphatic heterocycles. The summed E-state index contributed by atoms with van der Waals surface area (Å²) in [6, 6.07) is 3.51. The minimum absolute atomic E-state index is 0.351. The number of thiophene rings is 1. The summed E-state index contributed by atoms with van der Waals surface area (Å²) in [6.07, 6.45) is 6.87. The predicted molar refractivity (Wildman–Crippen MR) is 116 cm³/mol. The van der Waals surface area contributed by atoms with Gasteiger partial charge >= 0.3 is 5.97 Å². The zero-order valence-corrected chi connectivity index (χ0v) is 18.3. The van der Waals surface area contributed by atoms with E-state index in [0.717, 1.165) is 36.1 Å². The van der Waals surface area contributed by atoms with Gasteiger partial charge in [0.15, 0.2) is 11.5 Å². The van der Waals surface area contributed by atoms with Gasteiger partial charge in [-0.25, -0.2) is 4.79 Å². The zero-order chi connectivity index (χ0) is 21.7. The minimum Gasteiger partial charge on any atom is -0.493 e. The molecule has 0 atom stereocenters. The van der Waals surface area contributed by atoms with Crippen molar-refractivity contribution in [2.45, 2.75) is 25.7 Å². The lowest BCUT2D eigenvalue weighted by Gasteiger charge is -2.14. The second kappa shape index (κ2) is 9.67. The Bertz CT molecular complexity index is 978. The number of aryl methyl sites for hydroxylation is 1. The fraction of sp³-hybridized carbons (Fsp3) is 0.364. The monoisotopic (exact) mass is 431 g/mol. The highest BCUT2D eigenvalue weighted by atomic mass is 32.1. The van der Waals surface area contributed by atoms with Crippen LogP contribution in [0.15, 0.2) is 18.2 Å². The standard InChI is InChI=1S/C22H25NO6S/c1-26-15-11-9-13(19(27-2)20(15)28-3)10-12-17(24)23-21-18(22(25)29-4)14-7-5-6-8-16(14)30-21/h9-12H,5-8H2,1-4H3,(H,23,24)/b12-10+. The van der Waals surface area contributed by atoms with Gasteiger partial charge in [0.25, 0.3) is 0 Å². The molecule has 0 saturated heterocycles. The highest BCUT2D eigenvalue weighted by Gasteiger charge is 2.26. The van der Waals surface area contributed by atoms with E-state index in [0.29, 0.717) is 33.4 Å². The Labute approximate surface area is 179 Å². The molecule has 2 aromatic rings. The zero-order valence-electron chi connectivity index (χ0n) is 17.5. The van der Waals surface area contributed by atoms with Gasteiger partial charge in [0.05, 0.1) is 34.0 Å². The van der Waals surface area contributed by atoms with Crippen LogP contribution in [0.2, 0.25) is 0 Å². The summed E-state index contributed by atoms with van der Waals surface area (Å²) in [4.78, 5) is 26.1. The van der Waals surface area contributed by atoms with Crippen LogP contribution in [-0.4, -0.2) is 40.3 Å². The summed E-state index contributed by atoms with van der Waals surface area (Å²) in [7, 11) is 5.94. The van der Waals surface area contributed by atoms with Gasteiger partial charge in [0.1, 0.15) is 5.00 Å². The average Bonchev–Trinajstić information content (AvgIpc) is 3.13. The van der Waals surface area contributed by atoms with Crippen molar-refractivity contribution in [2.75, 3.05) is 33.8 Å². The number of carbonyl (C=O) groups is 2. The van der Waals surface area contributed by atoms with E-state index in [1.54, 1.807) is 25.3 Å². The molecule has 7 nitrogen and oxygen atoms in total. The number of nitrogens with one attached hydrogen (secondary N) is 1. The van der Waals surface area contributed by atoms with E-state index in [1.807, 2.05) is 0 Å². The molecule has 160 valence electrons. The summed E-state index contributed by atoms with van der Waals surface area (Å²) < 4.78 is 21.0. The molecule has 1 aromatic carbocycles. The fourth-order valence-electron chi connectivity index (χ4n) is 3.55. The summed E-state index contributed by atoms with van der Waals surface area (Å²) in [5.74, 6) is 0.665. The second-order valence-corrected chi connectivity index (χ2v) is 7.76. The maximum absolute atomic E-state index is 12.6. The number of esters is 1. The van der Waals surface area contributed by atoms with Crippen molar-refractivity contribution < 1.29 is 28.5 Å². The molecule has 0 spiro atoms. The molecule has 1 amide bonds. The number of hydrogen-bond acceptors (Lipinski definition) is 7. The molecule has 3 rings (SSSR count). The van der Waals surface area contributed by atoms with Crippen LogP contribution in [0.1, 0.15) is 39.2 Å². The van der Waals surface area contributed by atoms with Crippen LogP contribution in [0.3, 0.4) is 0 Å². The highest BCUT2D eigenvalue weighted by molar-refractivity contribution is 7.17. The quantitative estimate of drug-likeness (QED) is 0.525. The first kappa shape index (κ1) is 21.7. The van der Waals surface area contributed by atoms with Crippen LogP contribution in [0.25, 0.3) is 6.08 Å². The van der Waals surface area contributed by atoms with Gasteiger partial charge in [-0.3, -0.25) is 4.79 Å². The van der Waals surface area contributed by atoms with Crippen molar-refractivity contribution in [1.29, 1.82) is 0 Å². The Morgan fingerprint density at radius 1 is 1.00 bits per heavy atom. The molecular weight excluding hydrogens is 406 g/mol. The Morgan fingerprint density at radius 3 is 2.40 bits per heavy atom. The molecule has 0 unspecified atom stereocenters. The maximum Gasteiger partial charge on any atom is 0.341 e. The first-order chi connectivity index (χ1) is 14.5. The van der Waals surface area contributed by atoms with Crippen molar-refractivity contribution in [3.63, 3.8) is 0 Å². The van der Waals surface area contributed by atoms with Gasteiger partial charge in [-0.1, -0.05) is 0 Å². The number of anilines is 1. The number of rotatable bonds is 7. The number of carbonyl (C=O) groups excluding carboxylic acids is 2. The van der Waals surface area contributed by atoms with Crippen molar-refractivity contribution in [1.82, 2.24) is 0 Å². The number of ether oxygens (including phenoxy) is 4. The van der Waals surface area contributed by atoms with E-state index in [4.69, 9.17) is 18.9 Å². The van der Waals surface area contributed by atoms with Crippen LogP contribution >= 0.6 is 11.3 Å². The van der Waals surface area contributed by atoms with Crippen molar-refractivity contribution in [3.8, 4) is 17.2 Å². The lowest BCUT2D eigenvalue weighted by Crippen LogP contribution is -2.13. The number of amides is 1. The van der Waals surface area contributed by atoms with E-state index in [9.17, 15) is 9.59 Å². The van der Waals surface area contributed by atoms with Gasteiger partial charge in [-0.05, 0) is 49.5 Å². The summed E-state index contributed by atoms with van der Waals surface area (Å²) in [5, 5.41) is 3.37. The molecule has 8 heteroatoms. The third kappa shape index (κ3) is 4.28. The first-order valence-corrected chi connectivity index (χ1v) is 10.4. The SMILES string of the molecule is COC(=O)c1c(NC(=O)/C=C/c2ccc(OC)c(OC)c2OC)sc2c1CCCC2. The molecule has 1 N–H and O–H groups in total. The molecule has 1 aromatic heterocycles. The van der Waals surface area contributed by atoms with E-state index in [2.05, 4.69) is 5.32 Å². The number of benzene rings is 1. The van der Waals surface area contributed by atoms with Gasteiger partial charge in [0, 0.05) is 16.5 Å². The molecule has 0 saturated carbocycles. The van der Waals surface area contributed by atoms with Crippen molar-refractivity contribution in [3.05, 3.63) is 39.8 Å². The summed E-state index contributed by atoms with van der Waals surface area (Å²) >= 11 is 1.45. The van der Waals surface area contributed by atoms with Crippen molar-refractivity contribution in [2.24, 2.45) is 0 Å². The van der Waals surface area contributed by atoms with Gasteiger partial charge < -0.3 is 24.3 Å². The topological polar surface area (TPSA) is 83.1 Å². The van der Waals surface area contributed by atoms with Crippen LogP contribution in [0.5, 0.6) is 17.2 Å². The fourth-order valence-corrected chi connectivity index (χ4v) is 4.83. The third-order valence-electron chi connectivity index (χ3n) is 4.95. The lowest BCUT2D eigenvalue weighted by molar-refractivity contribution is -0.111. The lowest BCUT2D eigenvalue weighted by atomic mass is 9.95. The molecule has 0 radical (unpaired) electrons.